The zero-order valence-electron chi connectivity index (χ0n) is 19.6. The van der Waals surface area contributed by atoms with Gasteiger partial charge in [-0.05, 0) is 50.4 Å². The number of hydrogen-bond acceptors (Lipinski definition) is 8. The quantitative estimate of drug-likeness (QED) is 0.244. The topological polar surface area (TPSA) is 136 Å². The van der Waals surface area contributed by atoms with Crippen LogP contribution in [0, 0.1) is 12.7 Å². The predicted octanol–water partition coefficient (Wildman–Crippen LogP) is 3.26. The van der Waals surface area contributed by atoms with Crippen LogP contribution in [0.1, 0.15) is 5.69 Å². The fourth-order valence-corrected chi connectivity index (χ4v) is 4.96. The van der Waals surface area contributed by atoms with E-state index in [0.29, 0.717) is 42.5 Å². The van der Waals surface area contributed by atoms with Crippen molar-refractivity contribution in [2.24, 2.45) is 0 Å². The molecular weight excluding hydrogens is 509 g/mol. The Morgan fingerprint density at radius 3 is 2.61 bits per heavy atom. The minimum absolute atomic E-state index is 0.0828. The van der Waals surface area contributed by atoms with E-state index in [1.54, 1.807) is 12.1 Å². The first-order chi connectivity index (χ1) is 17.2. The molecule has 0 spiro atoms. The molecule has 0 aliphatic rings. The highest BCUT2D eigenvalue weighted by molar-refractivity contribution is 7.92. The number of rotatable bonds is 10. The Kier molecular flexibility index (Phi) is 7.69. The second kappa shape index (κ2) is 10.7. The average molecular weight is 534 g/mol. The lowest BCUT2D eigenvalue weighted by atomic mass is 10.2. The minimum atomic E-state index is -4.18. The number of hydrogen-bond donors (Lipinski definition) is 4. The third-order valence-corrected chi connectivity index (χ3v) is 7.16. The summed E-state index contributed by atoms with van der Waals surface area (Å²) in [5.74, 6) is 0.00920. The van der Waals surface area contributed by atoms with Gasteiger partial charge in [-0.1, -0.05) is 17.7 Å². The Bertz CT molecular complexity index is 1480. The van der Waals surface area contributed by atoms with Crippen molar-refractivity contribution in [1.82, 2.24) is 25.1 Å². The van der Waals surface area contributed by atoms with Gasteiger partial charge in [-0.2, -0.15) is 5.10 Å². The zero-order chi connectivity index (χ0) is 25.9. The first-order valence-corrected chi connectivity index (χ1v) is 12.9. The molecule has 190 valence electrons. The molecule has 36 heavy (non-hydrogen) atoms. The van der Waals surface area contributed by atoms with Crippen molar-refractivity contribution in [2.75, 3.05) is 43.3 Å². The Balaban J connectivity index is 1.57. The van der Waals surface area contributed by atoms with E-state index in [1.165, 1.54) is 24.3 Å². The van der Waals surface area contributed by atoms with Crippen molar-refractivity contribution in [2.45, 2.75) is 11.8 Å². The molecule has 0 atom stereocenters. The minimum Gasteiger partial charge on any atom is -0.395 e. The van der Waals surface area contributed by atoms with Crippen LogP contribution in [-0.2, 0) is 10.0 Å². The van der Waals surface area contributed by atoms with Crippen molar-refractivity contribution in [3.8, 4) is 11.4 Å². The molecule has 0 bridgehead atoms. The summed E-state index contributed by atoms with van der Waals surface area (Å²) in [5.41, 5.74) is 2.19. The van der Waals surface area contributed by atoms with E-state index in [1.807, 2.05) is 18.9 Å². The number of halogens is 2. The van der Waals surface area contributed by atoms with Crippen LogP contribution < -0.4 is 10.0 Å². The SMILES string of the molecule is Cc1n[nH]c2nc(-c3ccc(NS(=O)(=O)c4cccc(Cl)c4F)cc3)nc(NCCN(C)CCO)c12. The monoisotopic (exact) mass is 533 g/mol. The van der Waals surface area contributed by atoms with Crippen LogP contribution in [0.4, 0.5) is 15.9 Å². The maximum atomic E-state index is 14.2. The second-order valence-electron chi connectivity index (χ2n) is 8.12. The van der Waals surface area contributed by atoms with E-state index in [-0.39, 0.29) is 17.3 Å². The number of aryl methyl sites for hydroxylation is 1. The van der Waals surface area contributed by atoms with Crippen molar-refractivity contribution < 1.29 is 17.9 Å². The van der Waals surface area contributed by atoms with Gasteiger partial charge < -0.3 is 15.3 Å². The molecule has 2 heterocycles. The molecule has 0 fully saturated rings. The molecule has 0 radical (unpaired) electrons. The number of nitrogens with one attached hydrogen (secondary N) is 3. The molecule has 0 aliphatic carbocycles. The van der Waals surface area contributed by atoms with Crippen LogP contribution >= 0.6 is 11.6 Å². The second-order valence-corrected chi connectivity index (χ2v) is 10.2. The summed E-state index contributed by atoms with van der Waals surface area (Å²) < 4.78 is 41.9. The number of aromatic nitrogens is 4. The Morgan fingerprint density at radius 2 is 1.89 bits per heavy atom. The number of likely N-dealkylation sites (N-methyl/N-ethyl adjacent to an activating group) is 1. The molecule has 2 aromatic carbocycles. The van der Waals surface area contributed by atoms with Crippen molar-refractivity contribution in [3.05, 3.63) is 59.0 Å². The predicted molar refractivity (Wildman–Crippen MR) is 137 cm³/mol. The van der Waals surface area contributed by atoms with Crippen molar-refractivity contribution >= 4 is 44.2 Å². The van der Waals surface area contributed by atoms with Crippen molar-refractivity contribution in [3.63, 3.8) is 0 Å². The van der Waals surface area contributed by atoms with Gasteiger partial charge in [0, 0.05) is 30.9 Å². The fourth-order valence-electron chi connectivity index (χ4n) is 3.57. The summed E-state index contributed by atoms with van der Waals surface area (Å²) in [5, 5.41) is 20.0. The van der Waals surface area contributed by atoms with E-state index < -0.39 is 20.7 Å². The van der Waals surface area contributed by atoms with Gasteiger partial charge in [0.1, 0.15) is 10.7 Å². The van der Waals surface area contributed by atoms with E-state index in [4.69, 9.17) is 16.7 Å². The van der Waals surface area contributed by atoms with Gasteiger partial charge in [0.15, 0.2) is 17.3 Å². The molecular formula is C23H25ClFN7O3S. The third kappa shape index (κ3) is 5.57. The van der Waals surface area contributed by atoms with Crippen LogP contribution in [0.25, 0.3) is 22.4 Å². The van der Waals surface area contributed by atoms with Gasteiger partial charge in [-0.15, -0.1) is 0 Å². The first kappa shape index (κ1) is 25.8. The Morgan fingerprint density at radius 1 is 1.14 bits per heavy atom. The lowest BCUT2D eigenvalue weighted by Gasteiger charge is -2.16. The molecule has 0 aliphatic heterocycles. The summed E-state index contributed by atoms with van der Waals surface area (Å²) in [7, 11) is -2.27. The van der Waals surface area contributed by atoms with Gasteiger partial charge in [0.2, 0.25) is 0 Å². The zero-order valence-corrected chi connectivity index (χ0v) is 21.2. The van der Waals surface area contributed by atoms with Crippen LogP contribution in [0.2, 0.25) is 5.02 Å². The number of nitrogens with zero attached hydrogens (tertiary/aromatic N) is 4. The summed E-state index contributed by atoms with van der Waals surface area (Å²) in [6.45, 7) is 3.79. The standard InChI is InChI=1S/C23H25ClFN7O3S/c1-14-19-22(26-10-11-32(2)12-13-33)27-21(28-23(19)30-29-14)15-6-8-16(9-7-15)31-36(34,35)18-5-3-4-17(24)20(18)25/h3-9,31,33H,10-13H2,1-2H3,(H2,26,27,28,29,30). The number of aliphatic hydroxyl groups excluding tert-OH is 1. The first-order valence-electron chi connectivity index (χ1n) is 11.0. The normalized spacial score (nSPS) is 11.8. The number of H-pyrrole nitrogens is 1. The van der Waals surface area contributed by atoms with Gasteiger partial charge in [-0.3, -0.25) is 9.82 Å². The smallest absolute Gasteiger partial charge is 0.264 e. The summed E-state index contributed by atoms with van der Waals surface area (Å²) in [4.78, 5) is 10.7. The summed E-state index contributed by atoms with van der Waals surface area (Å²) in [6, 6.07) is 10.2. The van der Waals surface area contributed by atoms with Gasteiger partial charge in [0.25, 0.3) is 10.0 Å². The lowest BCUT2D eigenvalue weighted by Crippen LogP contribution is -2.28. The molecule has 4 aromatic rings. The molecule has 0 amide bonds. The van der Waals surface area contributed by atoms with E-state index in [0.717, 1.165) is 17.1 Å². The molecule has 4 N–H and O–H groups in total. The number of sulfonamides is 1. The maximum absolute atomic E-state index is 14.2. The Hall–Kier alpha value is -3.32. The highest BCUT2D eigenvalue weighted by Gasteiger charge is 2.21. The molecule has 0 unspecified atom stereocenters. The largest absolute Gasteiger partial charge is 0.395 e. The average Bonchev–Trinajstić information content (AvgIpc) is 3.22. The van der Waals surface area contributed by atoms with Crippen LogP contribution in [0.5, 0.6) is 0 Å². The van der Waals surface area contributed by atoms with E-state index in [2.05, 4.69) is 30.2 Å². The molecule has 0 saturated heterocycles. The van der Waals surface area contributed by atoms with Gasteiger partial charge in [0.05, 0.1) is 22.7 Å². The number of fused-ring (bicyclic) bond motifs is 1. The number of anilines is 2. The van der Waals surface area contributed by atoms with Crippen molar-refractivity contribution in [1.29, 1.82) is 0 Å². The highest BCUT2D eigenvalue weighted by atomic mass is 35.5. The Labute approximate surface area is 212 Å². The maximum Gasteiger partial charge on any atom is 0.264 e. The summed E-state index contributed by atoms with van der Waals surface area (Å²) in [6.07, 6.45) is 0. The van der Waals surface area contributed by atoms with E-state index >= 15 is 0 Å². The third-order valence-electron chi connectivity index (χ3n) is 5.47. The summed E-state index contributed by atoms with van der Waals surface area (Å²) >= 11 is 5.72. The lowest BCUT2D eigenvalue weighted by molar-refractivity contribution is 0.225. The molecule has 2 aromatic heterocycles. The van der Waals surface area contributed by atoms with Gasteiger partial charge in [-0.25, -0.2) is 22.8 Å². The van der Waals surface area contributed by atoms with Gasteiger partial charge >= 0.3 is 0 Å². The van der Waals surface area contributed by atoms with Crippen LogP contribution in [-0.4, -0.2) is 71.9 Å². The molecule has 4 rings (SSSR count). The number of aromatic amines is 1. The van der Waals surface area contributed by atoms with E-state index in [9.17, 15) is 12.8 Å². The highest BCUT2D eigenvalue weighted by Crippen LogP contribution is 2.28. The molecule has 13 heteroatoms. The van der Waals surface area contributed by atoms with Crippen LogP contribution in [0.15, 0.2) is 47.4 Å². The number of aliphatic hydroxyl groups is 1. The fraction of sp³-hybridized carbons (Fsp3) is 0.261. The molecule has 0 saturated carbocycles. The number of benzene rings is 2. The van der Waals surface area contributed by atoms with Crippen LogP contribution in [0.3, 0.4) is 0 Å². The molecule has 10 nitrogen and oxygen atoms in total.